The minimum atomic E-state index is -0.604. The molecule has 0 aromatic carbocycles. The summed E-state index contributed by atoms with van der Waals surface area (Å²) in [6.07, 6.45) is 4.47. The van der Waals surface area contributed by atoms with Gasteiger partial charge in [0.2, 0.25) is 0 Å². The van der Waals surface area contributed by atoms with E-state index in [4.69, 9.17) is 11.6 Å². The highest BCUT2D eigenvalue weighted by atomic mass is 35.5. The molecule has 22 heavy (non-hydrogen) atoms. The predicted octanol–water partition coefficient (Wildman–Crippen LogP) is 2.98. The smallest absolute Gasteiger partial charge is 0.255 e. The standard InChI is InChI=1S/C16H24ClN3O2/c1-10(2)19-13-8-14(17)18-9-12(13)15(21)20-11-4-6-16(3,22)7-5-11/h8-11,22H,4-7H2,1-3H3,(H,18,19)(H,20,21). The number of hydrogen-bond acceptors (Lipinski definition) is 4. The van der Waals surface area contributed by atoms with E-state index in [2.05, 4.69) is 15.6 Å². The van der Waals surface area contributed by atoms with Crippen LogP contribution in [-0.2, 0) is 0 Å². The SMILES string of the molecule is CC(C)Nc1cc(Cl)ncc1C(=O)NC1CCC(C)(O)CC1. The second kappa shape index (κ2) is 6.84. The average molecular weight is 326 g/mol. The van der Waals surface area contributed by atoms with Gasteiger partial charge in [-0.25, -0.2) is 4.98 Å². The molecule has 3 N–H and O–H groups in total. The lowest BCUT2D eigenvalue weighted by molar-refractivity contribution is 0.0140. The number of nitrogens with zero attached hydrogens (tertiary/aromatic N) is 1. The number of rotatable bonds is 4. The summed E-state index contributed by atoms with van der Waals surface area (Å²) in [5.41, 5.74) is 0.582. The fourth-order valence-corrected chi connectivity index (χ4v) is 2.85. The van der Waals surface area contributed by atoms with Crippen LogP contribution in [0.2, 0.25) is 5.15 Å². The minimum Gasteiger partial charge on any atom is -0.390 e. The van der Waals surface area contributed by atoms with E-state index >= 15 is 0 Å². The number of halogens is 1. The molecule has 1 aliphatic carbocycles. The lowest BCUT2D eigenvalue weighted by Crippen LogP contribution is -2.42. The van der Waals surface area contributed by atoms with Crippen molar-refractivity contribution in [3.63, 3.8) is 0 Å². The third-order valence-electron chi connectivity index (χ3n) is 3.96. The summed E-state index contributed by atoms with van der Waals surface area (Å²) in [7, 11) is 0. The van der Waals surface area contributed by atoms with Crippen molar-refractivity contribution in [2.45, 2.75) is 64.1 Å². The van der Waals surface area contributed by atoms with Crippen molar-refractivity contribution in [2.24, 2.45) is 0 Å². The highest BCUT2D eigenvalue weighted by Gasteiger charge is 2.29. The first-order chi connectivity index (χ1) is 10.3. The van der Waals surface area contributed by atoms with Crippen LogP contribution in [0.15, 0.2) is 12.3 Å². The first kappa shape index (κ1) is 17.0. The van der Waals surface area contributed by atoms with Gasteiger partial charge in [0, 0.05) is 18.3 Å². The van der Waals surface area contributed by atoms with Crippen LogP contribution >= 0.6 is 11.6 Å². The zero-order chi connectivity index (χ0) is 16.3. The fourth-order valence-electron chi connectivity index (χ4n) is 2.69. The third-order valence-corrected chi connectivity index (χ3v) is 4.16. The van der Waals surface area contributed by atoms with E-state index in [0.29, 0.717) is 29.2 Å². The molecular weight excluding hydrogens is 302 g/mol. The van der Waals surface area contributed by atoms with Gasteiger partial charge < -0.3 is 15.7 Å². The maximum absolute atomic E-state index is 12.5. The molecule has 0 bridgehead atoms. The van der Waals surface area contributed by atoms with Crippen molar-refractivity contribution in [3.05, 3.63) is 23.0 Å². The normalized spacial score (nSPS) is 25.1. The zero-order valence-electron chi connectivity index (χ0n) is 13.3. The number of carbonyl (C=O) groups excluding carboxylic acids is 1. The fraction of sp³-hybridized carbons (Fsp3) is 0.625. The largest absolute Gasteiger partial charge is 0.390 e. The van der Waals surface area contributed by atoms with Crippen LogP contribution in [-0.4, -0.2) is 33.7 Å². The van der Waals surface area contributed by atoms with Crippen LogP contribution in [0.4, 0.5) is 5.69 Å². The second-order valence-corrected chi connectivity index (χ2v) is 6.98. The molecule has 122 valence electrons. The van der Waals surface area contributed by atoms with Crippen molar-refractivity contribution in [1.29, 1.82) is 0 Å². The summed E-state index contributed by atoms with van der Waals surface area (Å²) in [6.45, 7) is 5.84. The molecule has 2 rings (SSSR count). The van der Waals surface area contributed by atoms with Crippen LogP contribution in [0.25, 0.3) is 0 Å². The van der Waals surface area contributed by atoms with Gasteiger partial charge in [-0.05, 0) is 52.5 Å². The lowest BCUT2D eigenvalue weighted by Gasteiger charge is -2.33. The number of hydrogen-bond donors (Lipinski definition) is 3. The molecule has 0 radical (unpaired) electrons. The predicted molar refractivity (Wildman–Crippen MR) is 88.4 cm³/mol. The van der Waals surface area contributed by atoms with Crippen LogP contribution in [0.5, 0.6) is 0 Å². The Kier molecular flexibility index (Phi) is 5.29. The van der Waals surface area contributed by atoms with Crippen LogP contribution in [0.3, 0.4) is 0 Å². The Morgan fingerprint density at radius 3 is 2.68 bits per heavy atom. The molecule has 0 atom stereocenters. The van der Waals surface area contributed by atoms with Gasteiger partial charge in [-0.3, -0.25) is 4.79 Å². The van der Waals surface area contributed by atoms with Crippen LogP contribution in [0.1, 0.15) is 56.8 Å². The average Bonchev–Trinajstić information content (AvgIpc) is 2.40. The molecule has 1 heterocycles. The first-order valence-corrected chi connectivity index (χ1v) is 8.10. The van der Waals surface area contributed by atoms with Gasteiger partial charge in [-0.2, -0.15) is 0 Å². The Morgan fingerprint density at radius 1 is 1.45 bits per heavy atom. The third kappa shape index (κ3) is 4.58. The maximum Gasteiger partial charge on any atom is 0.255 e. The molecule has 5 nitrogen and oxygen atoms in total. The van der Waals surface area contributed by atoms with Gasteiger partial charge in [0.25, 0.3) is 5.91 Å². The van der Waals surface area contributed by atoms with Gasteiger partial charge in [-0.15, -0.1) is 0 Å². The van der Waals surface area contributed by atoms with E-state index < -0.39 is 5.60 Å². The van der Waals surface area contributed by atoms with Crippen molar-refractivity contribution in [3.8, 4) is 0 Å². The quantitative estimate of drug-likeness (QED) is 0.744. The van der Waals surface area contributed by atoms with E-state index in [9.17, 15) is 9.90 Å². The Balaban J connectivity index is 2.06. The summed E-state index contributed by atoms with van der Waals surface area (Å²) < 4.78 is 0. The Bertz CT molecular complexity index is 536. The highest BCUT2D eigenvalue weighted by Crippen LogP contribution is 2.28. The van der Waals surface area contributed by atoms with Gasteiger partial charge in [0.1, 0.15) is 5.15 Å². The number of nitrogens with one attached hydrogen (secondary N) is 2. The van der Waals surface area contributed by atoms with Gasteiger partial charge in [0.05, 0.1) is 16.9 Å². The molecule has 6 heteroatoms. The minimum absolute atomic E-state index is 0.0929. The summed E-state index contributed by atoms with van der Waals surface area (Å²) in [6, 6.07) is 1.95. The molecule has 1 aromatic heterocycles. The van der Waals surface area contributed by atoms with Crippen molar-refractivity contribution in [2.75, 3.05) is 5.32 Å². The Hall–Kier alpha value is -1.33. The monoisotopic (exact) mass is 325 g/mol. The van der Waals surface area contributed by atoms with Gasteiger partial charge in [0.15, 0.2) is 0 Å². The zero-order valence-corrected chi connectivity index (χ0v) is 14.1. The molecule has 0 spiro atoms. The molecule has 0 saturated heterocycles. The second-order valence-electron chi connectivity index (χ2n) is 6.60. The maximum atomic E-state index is 12.5. The van der Waals surface area contributed by atoms with E-state index in [-0.39, 0.29) is 18.0 Å². The number of pyridine rings is 1. The number of aromatic nitrogens is 1. The van der Waals surface area contributed by atoms with Crippen molar-refractivity contribution in [1.82, 2.24) is 10.3 Å². The van der Waals surface area contributed by atoms with Crippen LogP contribution < -0.4 is 10.6 Å². The molecule has 0 aliphatic heterocycles. The Morgan fingerprint density at radius 2 is 2.09 bits per heavy atom. The number of carbonyl (C=O) groups is 1. The first-order valence-electron chi connectivity index (χ1n) is 7.72. The number of anilines is 1. The van der Waals surface area contributed by atoms with Crippen molar-refractivity contribution >= 4 is 23.2 Å². The van der Waals surface area contributed by atoms with Crippen molar-refractivity contribution < 1.29 is 9.90 Å². The topological polar surface area (TPSA) is 74.2 Å². The summed E-state index contributed by atoms with van der Waals surface area (Å²) >= 11 is 5.92. The molecule has 1 aliphatic rings. The summed E-state index contributed by atoms with van der Waals surface area (Å²) in [5, 5.41) is 16.6. The molecule has 1 amide bonds. The van der Waals surface area contributed by atoms with Gasteiger partial charge in [-0.1, -0.05) is 11.6 Å². The van der Waals surface area contributed by atoms with E-state index in [1.807, 2.05) is 20.8 Å². The molecular formula is C16H24ClN3O2. The van der Waals surface area contributed by atoms with Crippen LogP contribution in [0, 0.1) is 0 Å². The highest BCUT2D eigenvalue weighted by molar-refractivity contribution is 6.29. The molecule has 1 saturated carbocycles. The van der Waals surface area contributed by atoms with E-state index in [0.717, 1.165) is 12.8 Å². The number of amides is 1. The molecule has 1 aromatic rings. The summed E-state index contributed by atoms with van der Waals surface area (Å²) in [4.78, 5) is 16.5. The lowest BCUT2D eigenvalue weighted by atomic mass is 9.83. The van der Waals surface area contributed by atoms with E-state index in [1.165, 1.54) is 6.20 Å². The Labute approximate surface area is 136 Å². The summed E-state index contributed by atoms with van der Waals surface area (Å²) in [5.74, 6) is -0.154. The van der Waals surface area contributed by atoms with Gasteiger partial charge >= 0.3 is 0 Å². The van der Waals surface area contributed by atoms with E-state index in [1.54, 1.807) is 6.07 Å². The number of aliphatic hydroxyl groups is 1. The molecule has 0 unspecified atom stereocenters. The molecule has 1 fully saturated rings.